The van der Waals surface area contributed by atoms with E-state index in [1.807, 2.05) is 30.3 Å². The van der Waals surface area contributed by atoms with Crippen LogP contribution in [0.2, 0.25) is 0 Å². The van der Waals surface area contributed by atoms with Gasteiger partial charge in [-0.25, -0.2) is 0 Å². The molecule has 0 aromatic heterocycles. The zero-order valence-corrected chi connectivity index (χ0v) is 13.6. The second kappa shape index (κ2) is 9.61. The van der Waals surface area contributed by atoms with E-state index in [0.717, 1.165) is 12.0 Å². The number of amides is 1. The van der Waals surface area contributed by atoms with E-state index < -0.39 is 19.1 Å². The Morgan fingerprint density at radius 2 is 1.82 bits per heavy atom. The van der Waals surface area contributed by atoms with Crippen LogP contribution in [-0.2, 0) is 11.2 Å². The van der Waals surface area contributed by atoms with Crippen molar-refractivity contribution in [1.82, 2.24) is 10.6 Å². The Balaban J connectivity index is 2.61. The second-order valence-corrected chi connectivity index (χ2v) is 6.03. The van der Waals surface area contributed by atoms with E-state index in [2.05, 4.69) is 24.5 Å². The number of likely N-dealkylation sites (N-methyl/N-ethyl adjacent to an activating group) is 1. The molecular weight excluding hydrogens is 279 g/mol. The molecule has 2 atom stereocenters. The Hall–Kier alpha value is -1.37. The van der Waals surface area contributed by atoms with Crippen molar-refractivity contribution in [3.8, 4) is 0 Å². The number of nitrogens with one attached hydrogen (secondary N) is 2. The summed E-state index contributed by atoms with van der Waals surface area (Å²) in [6.45, 7) is 4.13. The van der Waals surface area contributed by atoms with Crippen LogP contribution in [0, 0.1) is 5.92 Å². The predicted octanol–water partition coefficient (Wildman–Crippen LogP) is 0.750. The highest BCUT2D eigenvalue weighted by atomic mass is 16.4. The summed E-state index contributed by atoms with van der Waals surface area (Å²) < 4.78 is 0. The first kappa shape index (κ1) is 18.7. The third-order valence-corrected chi connectivity index (χ3v) is 3.69. The van der Waals surface area contributed by atoms with E-state index in [-0.39, 0.29) is 5.91 Å². The Morgan fingerprint density at radius 1 is 1.18 bits per heavy atom. The molecule has 5 nitrogen and oxygen atoms in total. The van der Waals surface area contributed by atoms with Crippen molar-refractivity contribution in [2.75, 3.05) is 7.05 Å². The van der Waals surface area contributed by atoms with Gasteiger partial charge in [-0.05, 0) is 37.8 Å². The average Bonchev–Trinajstić information content (AvgIpc) is 2.49. The summed E-state index contributed by atoms with van der Waals surface area (Å²) in [4.78, 5) is 12.3. The molecule has 0 heterocycles. The maximum absolute atomic E-state index is 12.3. The van der Waals surface area contributed by atoms with Crippen molar-refractivity contribution in [2.24, 2.45) is 5.92 Å². The fourth-order valence-electron chi connectivity index (χ4n) is 2.27. The maximum Gasteiger partial charge on any atom is 0.475 e. The molecule has 0 aliphatic carbocycles. The molecule has 0 radical (unpaired) electrons. The molecule has 6 heteroatoms. The summed E-state index contributed by atoms with van der Waals surface area (Å²) >= 11 is 0. The van der Waals surface area contributed by atoms with Crippen molar-refractivity contribution in [2.45, 2.75) is 45.1 Å². The van der Waals surface area contributed by atoms with Crippen LogP contribution in [0.3, 0.4) is 0 Å². The maximum atomic E-state index is 12.3. The average molecular weight is 306 g/mol. The van der Waals surface area contributed by atoms with Gasteiger partial charge in [0.05, 0.1) is 12.0 Å². The van der Waals surface area contributed by atoms with Crippen LogP contribution < -0.4 is 10.6 Å². The van der Waals surface area contributed by atoms with Gasteiger partial charge in [0.1, 0.15) is 0 Å². The molecule has 1 aromatic rings. The van der Waals surface area contributed by atoms with Crippen molar-refractivity contribution >= 4 is 13.0 Å². The lowest BCUT2D eigenvalue weighted by molar-refractivity contribution is -0.123. The minimum Gasteiger partial charge on any atom is -0.426 e. The van der Waals surface area contributed by atoms with E-state index >= 15 is 0 Å². The van der Waals surface area contributed by atoms with Crippen LogP contribution in [0.25, 0.3) is 0 Å². The molecule has 1 rings (SSSR count). The van der Waals surface area contributed by atoms with Crippen LogP contribution in [0.5, 0.6) is 0 Å². The van der Waals surface area contributed by atoms with Gasteiger partial charge in [0.25, 0.3) is 0 Å². The van der Waals surface area contributed by atoms with E-state index in [9.17, 15) is 14.8 Å². The van der Waals surface area contributed by atoms with Crippen molar-refractivity contribution in [1.29, 1.82) is 0 Å². The predicted molar refractivity (Wildman–Crippen MR) is 89.2 cm³/mol. The third-order valence-electron chi connectivity index (χ3n) is 3.69. The number of carbonyl (C=O) groups is 1. The molecule has 0 fully saturated rings. The standard InChI is InChI=1S/C16H27BN2O3/c1-12(2)9-10-15(17(21)22)19-16(20)14(18-3)11-13-7-5-4-6-8-13/h4-8,12,14-15,18,21-22H,9-11H2,1-3H3,(H,19,20)/t14-,15-/m0/s1. The van der Waals surface area contributed by atoms with Gasteiger partial charge in [-0.1, -0.05) is 44.2 Å². The quantitative estimate of drug-likeness (QED) is 0.508. The van der Waals surface area contributed by atoms with Gasteiger partial charge < -0.3 is 20.7 Å². The van der Waals surface area contributed by atoms with Crippen LogP contribution in [0.4, 0.5) is 0 Å². The first-order valence-electron chi connectivity index (χ1n) is 7.81. The lowest BCUT2D eigenvalue weighted by Gasteiger charge is -2.22. The van der Waals surface area contributed by atoms with Crippen molar-refractivity contribution in [3.63, 3.8) is 0 Å². The van der Waals surface area contributed by atoms with E-state index in [0.29, 0.717) is 18.8 Å². The summed E-state index contributed by atoms with van der Waals surface area (Å²) in [6.07, 6.45) is 1.93. The summed E-state index contributed by atoms with van der Waals surface area (Å²) in [5.41, 5.74) is 1.06. The van der Waals surface area contributed by atoms with Gasteiger partial charge in [0.2, 0.25) is 5.91 Å². The van der Waals surface area contributed by atoms with Crippen LogP contribution >= 0.6 is 0 Å². The molecule has 0 aliphatic rings. The van der Waals surface area contributed by atoms with E-state index in [1.54, 1.807) is 7.05 Å². The van der Waals surface area contributed by atoms with E-state index in [4.69, 9.17) is 0 Å². The monoisotopic (exact) mass is 306 g/mol. The van der Waals surface area contributed by atoms with Gasteiger partial charge in [-0.3, -0.25) is 4.79 Å². The van der Waals surface area contributed by atoms with Crippen LogP contribution in [0.15, 0.2) is 30.3 Å². The van der Waals surface area contributed by atoms with Crippen molar-refractivity contribution < 1.29 is 14.8 Å². The lowest BCUT2D eigenvalue weighted by Crippen LogP contribution is -2.53. The minimum atomic E-state index is -1.54. The van der Waals surface area contributed by atoms with Crippen LogP contribution in [-0.4, -0.2) is 42.1 Å². The largest absolute Gasteiger partial charge is 0.475 e. The molecule has 0 spiro atoms. The number of carbonyl (C=O) groups excluding carboxylic acids is 1. The van der Waals surface area contributed by atoms with Gasteiger partial charge in [0.15, 0.2) is 0 Å². The molecule has 1 amide bonds. The summed E-state index contributed by atoms with van der Waals surface area (Å²) in [7, 11) is 0.183. The second-order valence-electron chi connectivity index (χ2n) is 6.03. The summed E-state index contributed by atoms with van der Waals surface area (Å²) in [5, 5.41) is 24.6. The Kier molecular flexibility index (Phi) is 8.16. The third kappa shape index (κ3) is 6.60. The molecule has 0 saturated carbocycles. The summed E-state index contributed by atoms with van der Waals surface area (Å²) in [5.74, 6) is -0.405. The molecule has 0 saturated heterocycles. The topological polar surface area (TPSA) is 81.6 Å². The Bertz CT molecular complexity index is 440. The highest BCUT2D eigenvalue weighted by molar-refractivity contribution is 6.43. The highest BCUT2D eigenvalue weighted by Gasteiger charge is 2.27. The minimum absolute atomic E-state index is 0.215. The zero-order chi connectivity index (χ0) is 16.5. The molecule has 0 aliphatic heterocycles. The van der Waals surface area contributed by atoms with Gasteiger partial charge in [-0.2, -0.15) is 0 Å². The number of rotatable bonds is 9. The summed E-state index contributed by atoms with van der Waals surface area (Å²) in [6, 6.07) is 9.33. The van der Waals surface area contributed by atoms with Gasteiger partial charge in [0, 0.05) is 0 Å². The fraction of sp³-hybridized carbons (Fsp3) is 0.562. The molecule has 4 N–H and O–H groups in total. The first-order valence-corrected chi connectivity index (χ1v) is 7.81. The molecule has 1 aromatic carbocycles. The number of hydrogen-bond acceptors (Lipinski definition) is 4. The zero-order valence-electron chi connectivity index (χ0n) is 13.6. The Labute approximate surface area is 133 Å². The highest BCUT2D eigenvalue weighted by Crippen LogP contribution is 2.09. The van der Waals surface area contributed by atoms with Gasteiger partial charge in [-0.15, -0.1) is 0 Å². The SMILES string of the molecule is CN[C@@H](Cc1ccccc1)C(=O)N[C@@H](CCC(C)C)B(O)O. The molecule has 22 heavy (non-hydrogen) atoms. The molecular formula is C16H27BN2O3. The number of hydrogen-bond donors (Lipinski definition) is 4. The fourth-order valence-corrected chi connectivity index (χ4v) is 2.27. The van der Waals surface area contributed by atoms with Crippen molar-refractivity contribution in [3.05, 3.63) is 35.9 Å². The molecule has 0 unspecified atom stereocenters. The molecule has 0 bridgehead atoms. The van der Waals surface area contributed by atoms with E-state index in [1.165, 1.54) is 0 Å². The normalized spacial score (nSPS) is 13.7. The lowest BCUT2D eigenvalue weighted by atomic mass is 9.75. The number of benzene rings is 1. The Morgan fingerprint density at radius 3 is 2.32 bits per heavy atom. The van der Waals surface area contributed by atoms with Crippen LogP contribution in [0.1, 0.15) is 32.3 Å². The van der Waals surface area contributed by atoms with Gasteiger partial charge >= 0.3 is 7.12 Å². The first-order chi connectivity index (χ1) is 10.4. The molecule has 122 valence electrons. The smallest absolute Gasteiger partial charge is 0.426 e.